The molecule has 2 N–H and O–H groups in total. The minimum absolute atomic E-state index is 0.255. The third-order valence-corrected chi connectivity index (χ3v) is 5.91. The summed E-state index contributed by atoms with van der Waals surface area (Å²) >= 11 is 0. The molecule has 0 aliphatic heterocycles. The molecule has 2 amide bonds. The van der Waals surface area contributed by atoms with Gasteiger partial charge in [-0.05, 0) is 55.8 Å². The van der Waals surface area contributed by atoms with E-state index in [4.69, 9.17) is 0 Å². The second-order valence-electron chi connectivity index (χ2n) is 8.03. The monoisotopic (exact) mass is 306 g/mol. The van der Waals surface area contributed by atoms with E-state index in [1.54, 1.807) is 0 Å². The maximum Gasteiger partial charge on any atom is 0.223 e. The lowest BCUT2D eigenvalue weighted by molar-refractivity contribution is -0.123. The van der Waals surface area contributed by atoms with Crippen LogP contribution in [0.1, 0.15) is 52.4 Å². The summed E-state index contributed by atoms with van der Waals surface area (Å²) in [5.41, 5.74) is 0. The number of carbonyl (C=O) groups is 2. The third-order valence-electron chi connectivity index (χ3n) is 5.91. The van der Waals surface area contributed by atoms with Crippen LogP contribution < -0.4 is 10.6 Å². The van der Waals surface area contributed by atoms with E-state index in [0.717, 1.165) is 32.4 Å². The van der Waals surface area contributed by atoms with Crippen molar-refractivity contribution in [1.82, 2.24) is 10.6 Å². The van der Waals surface area contributed by atoms with Crippen molar-refractivity contribution in [3.63, 3.8) is 0 Å². The van der Waals surface area contributed by atoms with E-state index >= 15 is 0 Å². The van der Waals surface area contributed by atoms with Gasteiger partial charge in [0.05, 0.1) is 0 Å². The molecule has 0 spiro atoms. The van der Waals surface area contributed by atoms with Crippen molar-refractivity contribution in [3.05, 3.63) is 0 Å². The van der Waals surface area contributed by atoms with E-state index in [9.17, 15) is 9.59 Å². The Bertz CT molecular complexity index is 399. The molecule has 3 fully saturated rings. The molecule has 124 valence electrons. The van der Waals surface area contributed by atoms with Gasteiger partial charge in [0, 0.05) is 24.9 Å². The molecule has 0 saturated heterocycles. The summed E-state index contributed by atoms with van der Waals surface area (Å²) in [5, 5.41) is 6.28. The zero-order valence-corrected chi connectivity index (χ0v) is 13.9. The highest BCUT2D eigenvalue weighted by atomic mass is 16.2. The van der Waals surface area contributed by atoms with Crippen molar-refractivity contribution >= 4 is 11.8 Å². The highest BCUT2D eigenvalue weighted by molar-refractivity contribution is 5.81. The van der Waals surface area contributed by atoms with Gasteiger partial charge in [-0.3, -0.25) is 9.59 Å². The van der Waals surface area contributed by atoms with Gasteiger partial charge >= 0.3 is 0 Å². The van der Waals surface area contributed by atoms with Gasteiger partial charge in [-0.25, -0.2) is 0 Å². The lowest BCUT2D eigenvalue weighted by Gasteiger charge is -2.29. The van der Waals surface area contributed by atoms with Crippen LogP contribution in [0.3, 0.4) is 0 Å². The summed E-state index contributed by atoms with van der Waals surface area (Å²) < 4.78 is 0. The van der Waals surface area contributed by atoms with Crippen molar-refractivity contribution in [2.45, 2.75) is 52.4 Å². The van der Waals surface area contributed by atoms with E-state index in [1.807, 2.05) is 0 Å². The third kappa shape index (κ3) is 4.02. The Morgan fingerprint density at radius 1 is 0.818 bits per heavy atom. The Labute approximate surface area is 133 Å². The van der Waals surface area contributed by atoms with Gasteiger partial charge in [0.1, 0.15) is 0 Å². The summed E-state index contributed by atoms with van der Waals surface area (Å²) in [6.07, 6.45) is 6.91. The first-order chi connectivity index (χ1) is 10.5. The van der Waals surface area contributed by atoms with Gasteiger partial charge in [-0.15, -0.1) is 0 Å². The molecule has 0 aromatic carbocycles. The van der Waals surface area contributed by atoms with E-state index in [2.05, 4.69) is 24.5 Å². The predicted octanol–water partition coefficient (Wildman–Crippen LogP) is 2.34. The Balaban J connectivity index is 1.34. The zero-order valence-electron chi connectivity index (χ0n) is 13.9. The SMILES string of the molecule is C[C@H]1C[C@H]1C(=O)NC[C@@H]1CCC[C@@H](CNC(=O)[C@@H]2C[C@@H]2C)C1. The van der Waals surface area contributed by atoms with Gasteiger partial charge in [-0.2, -0.15) is 0 Å². The van der Waals surface area contributed by atoms with Crippen molar-refractivity contribution in [2.24, 2.45) is 35.5 Å². The van der Waals surface area contributed by atoms with Gasteiger partial charge in [0.2, 0.25) is 11.8 Å². The summed E-state index contributed by atoms with van der Waals surface area (Å²) in [6.45, 7) is 5.94. The van der Waals surface area contributed by atoms with Crippen LogP contribution in [0.25, 0.3) is 0 Å². The average Bonchev–Trinajstić information content (AvgIpc) is 3.41. The van der Waals surface area contributed by atoms with Crippen LogP contribution in [0.4, 0.5) is 0 Å². The van der Waals surface area contributed by atoms with Crippen LogP contribution in [-0.4, -0.2) is 24.9 Å². The van der Waals surface area contributed by atoms with E-state index in [0.29, 0.717) is 23.7 Å². The molecule has 0 unspecified atom stereocenters. The topological polar surface area (TPSA) is 58.2 Å². The zero-order chi connectivity index (χ0) is 15.7. The molecule has 3 rings (SSSR count). The van der Waals surface area contributed by atoms with Crippen molar-refractivity contribution in [3.8, 4) is 0 Å². The highest BCUT2D eigenvalue weighted by Gasteiger charge is 2.40. The number of rotatable bonds is 6. The molecule has 6 atom stereocenters. The maximum atomic E-state index is 11.9. The molecule has 0 bridgehead atoms. The van der Waals surface area contributed by atoms with Crippen LogP contribution in [0.5, 0.6) is 0 Å². The number of hydrogen-bond donors (Lipinski definition) is 2. The van der Waals surface area contributed by atoms with Crippen LogP contribution in [-0.2, 0) is 9.59 Å². The Hall–Kier alpha value is -1.06. The number of carbonyl (C=O) groups excluding carboxylic acids is 2. The molecule has 3 aliphatic carbocycles. The van der Waals surface area contributed by atoms with Crippen LogP contribution in [0.15, 0.2) is 0 Å². The first-order valence-electron chi connectivity index (χ1n) is 9.10. The lowest BCUT2D eigenvalue weighted by Crippen LogP contribution is -2.36. The Morgan fingerprint density at radius 2 is 1.23 bits per heavy atom. The molecule has 0 aromatic rings. The lowest BCUT2D eigenvalue weighted by atomic mass is 9.81. The minimum atomic E-state index is 0.255. The quantitative estimate of drug-likeness (QED) is 0.791. The summed E-state index contributed by atoms with van der Waals surface area (Å²) in [6, 6.07) is 0. The number of nitrogens with one attached hydrogen (secondary N) is 2. The molecule has 0 heterocycles. The number of hydrogen-bond acceptors (Lipinski definition) is 2. The molecule has 22 heavy (non-hydrogen) atoms. The van der Waals surface area contributed by atoms with Gasteiger partial charge < -0.3 is 10.6 Å². The summed E-state index contributed by atoms with van der Waals surface area (Å²) in [7, 11) is 0. The largest absolute Gasteiger partial charge is 0.356 e. The van der Waals surface area contributed by atoms with Crippen molar-refractivity contribution in [1.29, 1.82) is 0 Å². The molecule has 0 radical (unpaired) electrons. The van der Waals surface area contributed by atoms with Crippen molar-refractivity contribution < 1.29 is 9.59 Å². The molecule has 4 heteroatoms. The molecular weight excluding hydrogens is 276 g/mol. The van der Waals surface area contributed by atoms with E-state index in [1.165, 1.54) is 19.3 Å². The Kier molecular flexibility index (Phi) is 4.74. The first kappa shape index (κ1) is 15.8. The maximum absolute atomic E-state index is 11.9. The second kappa shape index (κ2) is 6.59. The van der Waals surface area contributed by atoms with Crippen LogP contribution >= 0.6 is 0 Å². The normalized spacial score (nSPS) is 39.9. The van der Waals surface area contributed by atoms with Gasteiger partial charge in [-0.1, -0.05) is 20.3 Å². The standard InChI is InChI=1S/C18H30N2O2/c1-11-6-15(11)17(21)19-9-13-4-3-5-14(8-13)10-20-18(22)16-7-12(16)2/h11-16H,3-10H2,1-2H3,(H,19,21)(H,20,22)/t11-,12-,13+,14+,15+,16+/m0/s1. The molecule has 4 nitrogen and oxygen atoms in total. The average molecular weight is 306 g/mol. The van der Waals surface area contributed by atoms with E-state index < -0.39 is 0 Å². The smallest absolute Gasteiger partial charge is 0.223 e. The minimum Gasteiger partial charge on any atom is -0.356 e. The fourth-order valence-corrected chi connectivity index (χ4v) is 3.90. The van der Waals surface area contributed by atoms with Crippen LogP contribution in [0.2, 0.25) is 0 Å². The predicted molar refractivity (Wildman–Crippen MR) is 86.0 cm³/mol. The van der Waals surface area contributed by atoms with Gasteiger partial charge in [0.25, 0.3) is 0 Å². The fourth-order valence-electron chi connectivity index (χ4n) is 3.90. The molecular formula is C18H30N2O2. The molecule has 3 aliphatic rings. The number of amides is 2. The van der Waals surface area contributed by atoms with E-state index in [-0.39, 0.29) is 23.7 Å². The van der Waals surface area contributed by atoms with Crippen LogP contribution in [0, 0.1) is 35.5 Å². The summed E-state index contributed by atoms with van der Waals surface area (Å²) in [4.78, 5) is 23.8. The molecule has 3 saturated carbocycles. The van der Waals surface area contributed by atoms with Crippen molar-refractivity contribution in [2.75, 3.05) is 13.1 Å². The summed E-state index contributed by atoms with van der Waals surface area (Å²) in [5.74, 6) is 3.41. The Morgan fingerprint density at radius 3 is 1.59 bits per heavy atom. The highest BCUT2D eigenvalue weighted by Crippen LogP contribution is 2.38. The second-order valence-corrected chi connectivity index (χ2v) is 8.03. The first-order valence-corrected chi connectivity index (χ1v) is 9.10. The molecule has 0 aromatic heterocycles. The van der Waals surface area contributed by atoms with Gasteiger partial charge in [0.15, 0.2) is 0 Å². The fraction of sp³-hybridized carbons (Fsp3) is 0.889.